The molecule has 0 aromatic heterocycles. The number of aldehydes is 1. The number of hydrogen-bond donors (Lipinski definition) is 1. The van der Waals surface area contributed by atoms with Gasteiger partial charge in [-0.25, -0.2) is 0 Å². The molecule has 1 N–H and O–H groups in total. The summed E-state index contributed by atoms with van der Waals surface area (Å²) in [6, 6.07) is -0.616. The Morgan fingerprint density at radius 2 is 2.25 bits per heavy atom. The molecule has 1 unspecified atom stereocenters. The Morgan fingerprint density at radius 3 is 2.25 bits per heavy atom. The molecule has 46 valence electrons. The zero-order valence-corrected chi connectivity index (χ0v) is 4.97. The van der Waals surface area contributed by atoms with Crippen LogP contribution >= 0.6 is 0 Å². The van der Waals surface area contributed by atoms with Crippen molar-refractivity contribution < 1.29 is 9.59 Å². The summed E-state index contributed by atoms with van der Waals surface area (Å²) < 4.78 is 0. The van der Waals surface area contributed by atoms with E-state index in [0.717, 1.165) is 0 Å². The molecule has 0 aliphatic carbocycles. The molecule has 0 saturated carbocycles. The van der Waals surface area contributed by atoms with Gasteiger partial charge in [0.2, 0.25) is 0 Å². The van der Waals surface area contributed by atoms with E-state index in [1.807, 2.05) is 0 Å². The molecule has 0 aliphatic rings. The Hall–Kier alpha value is -0.700. The summed E-state index contributed by atoms with van der Waals surface area (Å²) in [6.07, 6.45) is 0.586. The van der Waals surface area contributed by atoms with Gasteiger partial charge in [-0.2, -0.15) is 0 Å². The lowest BCUT2D eigenvalue weighted by Crippen LogP contribution is -2.33. The predicted octanol–water partition coefficient (Wildman–Crippen LogP) is -0.638. The number of hydrogen-bond acceptors (Lipinski definition) is 3. The third-order valence-corrected chi connectivity index (χ3v) is 0.885. The molecular weight excluding hydrogens is 106 g/mol. The minimum atomic E-state index is -0.616. The molecule has 3 heteroatoms. The van der Waals surface area contributed by atoms with E-state index in [2.05, 4.69) is 5.32 Å². The minimum absolute atomic E-state index is 0.150. The van der Waals surface area contributed by atoms with Crippen molar-refractivity contribution in [2.75, 3.05) is 7.05 Å². The summed E-state index contributed by atoms with van der Waals surface area (Å²) in [5.74, 6) is -0.150. The number of likely N-dealkylation sites (N-methyl/N-ethyl adjacent to an activating group) is 1. The Bertz CT molecular complexity index is 101. The van der Waals surface area contributed by atoms with E-state index in [-0.39, 0.29) is 5.78 Å². The van der Waals surface area contributed by atoms with Gasteiger partial charge in [-0.3, -0.25) is 4.79 Å². The quantitative estimate of drug-likeness (QED) is 0.393. The zero-order valence-electron chi connectivity index (χ0n) is 4.97. The fraction of sp³-hybridized carbons (Fsp3) is 0.600. The van der Waals surface area contributed by atoms with Gasteiger partial charge in [0.1, 0.15) is 12.3 Å². The highest BCUT2D eigenvalue weighted by molar-refractivity contribution is 5.95. The first-order valence-electron chi connectivity index (χ1n) is 2.35. The van der Waals surface area contributed by atoms with E-state index in [1.165, 1.54) is 6.92 Å². The van der Waals surface area contributed by atoms with Crippen LogP contribution in [0.3, 0.4) is 0 Å². The average molecular weight is 115 g/mol. The van der Waals surface area contributed by atoms with Gasteiger partial charge in [0, 0.05) is 0 Å². The zero-order chi connectivity index (χ0) is 6.57. The number of nitrogens with one attached hydrogen (secondary N) is 1. The van der Waals surface area contributed by atoms with Gasteiger partial charge < -0.3 is 10.1 Å². The molecule has 3 nitrogen and oxygen atoms in total. The summed E-state index contributed by atoms with van der Waals surface area (Å²) in [4.78, 5) is 20.2. The SMILES string of the molecule is CNC(C=O)C(C)=O. The van der Waals surface area contributed by atoms with E-state index >= 15 is 0 Å². The van der Waals surface area contributed by atoms with Gasteiger partial charge in [0.05, 0.1) is 0 Å². The molecule has 0 heterocycles. The fourth-order valence-corrected chi connectivity index (χ4v) is 0.367. The van der Waals surface area contributed by atoms with Crippen LogP contribution in [0, 0.1) is 0 Å². The maximum Gasteiger partial charge on any atom is 0.153 e. The van der Waals surface area contributed by atoms with E-state index in [4.69, 9.17) is 0 Å². The van der Waals surface area contributed by atoms with E-state index in [1.54, 1.807) is 7.05 Å². The van der Waals surface area contributed by atoms with Gasteiger partial charge in [-0.15, -0.1) is 0 Å². The molecule has 0 fully saturated rings. The Balaban J connectivity index is 3.69. The van der Waals surface area contributed by atoms with E-state index in [0.29, 0.717) is 6.29 Å². The van der Waals surface area contributed by atoms with Crippen LogP contribution in [-0.2, 0) is 9.59 Å². The number of carbonyl (C=O) groups is 2. The molecule has 0 spiro atoms. The maximum atomic E-state index is 10.3. The second-order valence-corrected chi connectivity index (χ2v) is 1.51. The third-order valence-electron chi connectivity index (χ3n) is 0.885. The van der Waals surface area contributed by atoms with Gasteiger partial charge in [0.15, 0.2) is 5.78 Å². The second-order valence-electron chi connectivity index (χ2n) is 1.51. The maximum absolute atomic E-state index is 10.3. The van der Waals surface area contributed by atoms with Crippen LogP contribution in [0.1, 0.15) is 6.92 Å². The minimum Gasteiger partial charge on any atom is -0.305 e. The molecule has 0 amide bonds. The molecule has 8 heavy (non-hydrogen) atoms. The van der Waals surface area contributed by atoms with Crippen molar-refractivity contribution in [2.45, 2.75) is 13.0 Å². The third kappa shape index (κ3) is 1.84. The molecule has 0 radical (unpaired) electrons. The van der Waals surface area contributed by atoms with Crippen molar-refractivity contribution in [2.24, 2.45) is 0 Å². The average Bonchev–Trinajstić information content (AvgIpc) is 1.69. The lowest BCUT2D eigenvalue weighted by molar-refractivity contribution is -0.123. The predicted molar refractivity (Wildman–Crippen MR) is 29.6 cm³/mol. The van der Waals surface area contributed by atoms with Crippen molar-refractivity contribution in [3.05, 3.63) is 0 Å². The van der Waals surface area contributed by atoms with Crippen molar-refractivity contribution in [1.82, 2.24) is 5.32 Å². The number of rotatable bonds is 3. The molecule has 0 aromatic rings. The summed E-state index contributed by atoms with van der Waals surface area (Å²) in [7, 11) is 1.57. The molecule has 0 aromatic carbocycles. The highest BCUT2D eigenvalue weighted by atomic mass is 16.1. The van der Waals surface area contributed by atoms with Crippen molar-refractivity contribution >= 4 is 12.1 Å². The van der Waals surface area contributed by atoms with Crippen LogP contribution in [0.4, 0.5) is 0 Å². The molecule has 0 bridgehead atoms. The smallest absolute Gasteiger partial charge is 0.153 e. The van der Waals surface area contributed by atoms with Gasteiger partial charge in [-0.05, 0) is 14.0 Å². The standard InChI is InChI=1S/C5H9NO2/c1-4(8)5(3-7)6-2/h3,5-6H,1-2H3. The van der Waals surface area contributed by atoms with Crippen molar-refractivity contribution in [1.29, 1.82) is 0 Å². The summed E-state index contributed by atoms with van der Waals surface area (Å²) in [5, 5.41) is 2.53. The van der Waals surface area contributed by atoms with Crippen molar-refractivity contribution in [3.63, 3.8) is 0 Å². The van der Waals surface area contributed by atoms with Crippen LogP contribution in [-0.4, -0.2) is 25.2 Å². The topological polar surface area (TPSA) is 46.2 Å². The van der Waals surface area contributed by atoms with E-state index < -0.39 is 6.04 Å². The fourth-order valence-electron chi connectivity index (χ4n) is 0.367. The van der Waals surface area contributed by atoms with Crippen LogP contribution < -0.4 is 5.32 Å². The number of ketones is 1. The molecule has 0 aliphatic heterocycles. The summed E-state index contributed by atoms with van der Waals surface area (Å²) in [6.45, 7) is 1.37. The highest BCUT2D eigenvalue weighted by Crippen LogP contribution is 1.75. The molecule has 0 rings (SSSR count). The first kappa shape index (κ1) is 7.30. The number of carbonyl (C=O) groups excluding carboxylic acids is 2. The van der Waals surface area contributed by atoms with Gasteiger partial charge >= 0.3 is 0 Å². The summed E-state index contributed by atoms with van der Waals surface area (Å²) in [5.41, 5.74) is 0. The van der Waals surface area contributed by atoms with Crippen molar-refractivity contribution in [3.8, 4) is 0 Å². The second kappa shape index (κ2) is 3.32. The van der Waals surface area contributed by atoms with Crippen LogP contribution in [0.25, 0.3) is 0 Å². The Morgan fingerprint density at radius 1 is 1.75 bits per heavy atom. The van der Waals surface area contributed by atoms with Crippen LogP contribution in [0.2, 0.25) is 0 Å². The first-order valence-corrected chi connectivity index (χ1v) is 2.35. The van der Waals surface area contributed by atoms with Crippen LogP contribution in [0.15, 0.2) is 0 Å². The van der Waals surface area contributed by atoms with E-state index in [9.17, 15) is 9.59 Å². The molecular formula is C5H9NO2. The Kier molecular flexibility index (Phi) is 3.03. The lowest BCUT2D eigenvalue weighted by atomic mass is 10.2. The largest absolute Gasteiger partial charge is 0.305 e. The monoisotopic (exact) mass is 115 g/mol. The van der Waals surface area contributed by atoms with Crippen LogP contribution in [0.5, 0.6) is 0 Å². The van der Waals surface area contributed by atoms with Gasteiger partial charge in [0.25, 0.3) is 0 Å². The molecule has 1 atom stereocenters. The van der Waals surface area contributed by atoms with Gasteiger partial charge in [-0.1, -0.05) is 0 Å². The summed E-state index contributed by atoms with van der Waals surface area (Å²) >= 11 is 0. The molecule has 0 saturated heterocycles. The normalized spacial score (nSPS) is 12.8. The lowest BCUT2D eigenvalue weighted by Gasteiger charge is -2.00. The number of Topliss-reactive ketones (excluding diaryl/α,β-unsaturated/α-hetero) is 1. The first-order chi connectivity index (χ1) is 3.72. The highest BCUT2D eigenvalue weighted by Gasteiger charge is 2.07. The Labute approximate surface area is 48.1 Å².